The molecule has 0 saturated carbocycles. The summed E-state index contributed by atoms with van der Waals surface area (Å²) in [5.74, 6) is 0.395. The molecule has 15 heavy (non-hydrogen) atoms. The maximum atomic E-state index is 11.9. The summed E-state index contributed by atoms with van der Waals surface area (Å²) < 4.78 is 5.38. The highest BCUT2D eigenvalue weighted by molar-refractivity contribution is 6.19. The number of alkyl halides is 1. The van der Waals surface area contributed by atoms with Crippen LogP contribution in [0.15, 0.2) is 0 Å². The van der Waals surface area contributed by atoms with E-state index in [1.165, 1.54) is 0 Å². The Morgan fingerprint density at radius 1 is 1.47 bits per heavy atom. The normalized spacial score (nSPS) is 11.9. The first-order chi connectivity index (χ1) is 6.81. The van der Waals surface area contributed by atoms with Gasteiger partial charge in [-0.15, -0.1) is 11.6 Å². The molecule has 1 amide bonds. The number of amides is 1. The second kappa shape index (κ2) is 6.33. The topological polar surface area (TPSA) is 29.5 Å². The zero-order valence-corrected chi connectivity index (χ0v) is 11.1. The van der Waals surface area contributed by atoms with Gasteiger partial charge in [-0.05, 0) is 27.7 Å². The van der Waals surface area contributed by atoms with Crippen molar-refractivity contribution >= 4 is 17.5 Å². The van der Waals surface area contributed by atoms with E-state index in [0.717, 1.165) is 0 Å². The van der Waals surface area contributed by atoms with Crippen molar-refractivity contribution in [1.82, 2.24) is 4.90 Å². The Balaban J connectivity index is 4.00. The fourth-order valence-electron chi connectivity index (χ4n) is 1.10. The Morgan fingerprint density at radius 3 is 2.40 bits per heavy atom. The van der Waals surface area contributed by atoms with E-state index in [4.69, 9.17) is 16.3 Å². The second-order valence-corrected chi connectivity index (χ2v) is 4.93. The molecule has 0 rings (SSSR count). The molecule has 0 aromatic heterocycles. The highest BCUT2D eigenvalue weighted by atomic mass is 35.5. The monoisotopic (exact) mass is 235 g/mol. The van der Waals surface area contributed by atoms with Gasteiger partial charge in [-0.3, -0.25) is 4.79 Å². The Kier molecular flexibility index (Phi) is 6.22. The van der Waals surface area contributed by atoms with E-state index in [1.807, 2.05) is 27.7 Å². The molecule has 0 bridgehead atoms. The molecule has 0 aliphatic carbocycles. The van der Waals surface area contributed by atoms with Gasteiger partial charge in [0.2, 0.25) is 5.91 Å². The molecule has 4 heteroatoms. The summed E-state index contributed by atoms with van der Waals surface area (Å²) in [5, 5.41) is 0. The number of nitrogens with zero attached hydrogens (tertiary/aromatic N) is 1. The fourth-order valence-corrected chi connectivity index (χ4v) is 1.22. The average molecular weight is 236 g/mol. The summed E-state index contributed by atoms with van der Waals surface area (Å²) in [6.45, 7) is 8.83. The van der Waals surface area contributed by atoms with Crippen molar-refractivity contribution < 1.29 is 9.53 Å². The molecule has 0 atom stereocenters. The van der Waals surface area contributed by atoms with E-state index in [2.05, 4.69) is 0 Å². The van der Waals surface area contributed by atoms with E-state index in [9.17, 15) is 4.79 Å². The minimum absolute atomic E-state index is 0.0601. The lowest BCUT2D eigenvalue weighted by molar-refractivity contribution is -0.138. The molecule has 0 aromatic rings. The first kappa shape index (κ1) is 14.7. The molecule has 0 saturated heterocycles. The maximum Gasteiger partial charge on any atom is 0.229 e. The van der Waals surface area contributed by atoms with Gasteiger partial charge in [0.25, 0.3) is 0 Å². The van der Waals surface area contributed by atoms with Crippen LogP contribution in [0.4, 0.5) is 0 Å². The lowest BCUT2D eigenvalue weighted by atomic mass is 9.94. The lowest BCUT2D eigenvalue weighted by Gasteiger charge is -2.27. The molecular formula is C11H22ClNO2. The lowest BCUT2D eigenvalue weighted by Crippen LogP contribution is -2.41. The summed E-state index contributed by atoms with van der Waals surface area (Å²) in [6.07, 6.45) is 0.203. The smallest absolute Gasteiger partial charge is 0.229 e. The minimum atomic E-state index is -0.492. The number of hydrogen-bond acceptors (Lipinski definition) is 2. The van der Waals surface area contributed by atoms with Gasteiger partial charge in [-0.25, -0.2) is 0 Å². The number of likely N-dealkylation sites (N-methyl/N-ethyl adjacent to an activating group) is 1. The van der Waals surface area contributed by atoms with Crippen molar-refractivity contribution in [2.24, 2.45) is 5.41 Å². The SMILES string of the molecule is CC(C)OCCN(C)C(=O)C(C)(C)CCl. The second-order valence-electron chi connectivity index (χ2n) is 4.66. The van der Waals surface area contributed by atoms with Crippen molar-refractivity contribution in [2.75, 3.05) is 26.1 Å². The zero-order valence-electron chi connectivity index (χ0n) is 10.3. The van der Waals surface area contributed by atoms with Crippen LogP contribution in [0.3, 0.4) is 0 Å². The third-order valence-electron chi connectivity index (χ3n) is 2.14. The van der Waals surface area contributed by atoms with Crippen LogP contribution >= 0.6 is 11.6 Å². The molecule has 0 spiro atoms. The quantitative estimate of drug-likeness (QED) is 0.661. The van der Waals surface area contributed by atoms with Crippen LogP contribution in [-0.4, -0.2) is 43.0 Å². The van der Waals surface area contributed by atoms with Crippen LogP contribution in [0.25, 0.3) is 0 Å². The Hall–Kier alpha value is -0.280. The zero-order chi connectivity index (χ0) is 12.1. The number of carbonyl (C=O) groups excluding carboxylic acids is 1. The first-order valence-corrected chi connectivity index (χ1v) is 5.78. The molecule has 90 valence electrons. The van der Waals surface area contributed by atoms with Crippen LogP contribution in [0.2, 0.25) is 0 Å². The van der Waals surface area contributed by atoms with Crippen molar-refractivity contribution in [3.05, 3.63) is 0 Å². The highest BCUT2D eigenvalue weighted by Gasteiger charge is 2.29. The molecule has 0 aromatic carbocycles. The molecule has 0 aliphatic heterocycles. The van der Waals surface area contributed by atoms with E-state index < -0.39 is 5.41 Å². The summed E-state index contributed by atoms with van der Waals surface area (Å²) in [6, 6.07) is 0. The Bertz CT molecular complexity index is 205. The van der Waals surface area contributed by atoms with Gasteiger partial charge in [0.05, 0.1) is 18.1 Å². The molecule has 0 aliphatic rings. The summed E-state index contributed by atoms with van der Waals surface area (Å²) >= 11 is 5.74. The van der Waals surface area contributed by atoms with Gasteiger partial charge in [0.1, 0.15) is 0 Å². The van der Waals surface area contributed by atoms with Crippen molar-refractivity contribution in [2.45, 2.75) is 33.8 Å². The summed E-state index contributed by atoms with van der Waals surface area (Å²) in [5.41, 5.74) is -0.492. The predicted octanol–water partition coefficient (Wildman–Crippen LogP) is 2.13. The van der Waals surface area contributed by atoms with Gasteiger partial charge in [-0.1, -0.05) is 0 Å². The minimum Gasteiger partial charge on any atom is -0.377 e. The molecular weight excluding hydrogens is 214 g/mol. The van der Waals surface area contributed by atoms with Crippen LogP contribution in [0.1, 0.15) is 27.7 Å². The third-order valence-corrected chi connectivity index (χ3v) is 2.81. The number of hydrogen-bond donors (Lipinski definition) is 0. The van der Waals surface area contributed by atoms with Gasteiger partial charge in [-0.2, -0.15) is 0 Å². The molecule has 0 radical (unpaired) electrons. The summed E-state index contributed by atoms with van der Waals surface area (Å²) in [7, 11) is 1.78. The van der Waals surface area contributed by atoms with Crippen molar-refractivity contribution in [1.29, 1.82) is 0 Å². The number of halogens is 1. The maximum absolute atomic E-state index is 11.9. The Morgan fingerprint density at radius 2 is 2.00 bits per heavy atom. The van der Waals surface area contributed by atoms with Gasteiger partial charge in [0, 0.05) is 19.5 Å². The van der Waals surface area contributed by atoms with E-state index in [-0.39, 0.29) is 12.0 Å². The molecule has 0 fully saturated rings. The average Bonchev–Trinajstić information content (AvgIpc) is 2.15. The van der Waals surface area contributed by atoms with E-state index in [0.29, 0.717) is 19.0 Å². The van der Waals surface area contributed by atoms with Crippen molar-refractivity contribution in [3.8, 4) is 0 Å². The van der Waals surface area contributed by atoms with Gasteiger partial charge >= 0.3 is 0 Å². The molecule has 0 N–H and O–H groups in total. The Labute approximate surface area is 97.7 Å². The third kappa shape index (κ3) is 5.38. The molecule has 0 heterocycles. The highest BCUT2D eigenvalue weighted by Crippen LogP contribution is 2.19. The van der Waals surface area contributed by atoms with Gasteiger partial charge < -0.3 is 9.64 Å². The van der Waals surface area contributed by atoms with Crippen LogP contribution in [0, 0.1) is 5.41 Å². The van der Waals surface area contributed by atoms with Crippen molar-refractivity contribution in [3.63, 3.8) is 0 Å². The molecule has 3 nitrogen and oxygen atoms in total. The number of rotatable bonds is 6. The largest absolute Gasteiger partial charge is 0.377 e. The predicted molar refractivity (Wildman–Crippen MR) is 63.2 cm³/mol. The standard InChI is InChI=1S/C11H22ClNO2/c1-9(2)15-7-6-13(5)10(14)11(3,4)8-12/h9H,6-8H2,1-5H3. The number of carbonyl (C=O) groups is 1. The molecule has 0 unspecified atom stereocenters. The van der Waals surface area contributed by atoms with Crippen LogP contribution in [0.5, 0.6) is 0 Å². The van der Waals surface area contributed by atoms with Crippen LogP contribution < -0.4 is 0 Å². The van der Waals surface area contributed by atoms with E-state index in [1.54, 1.807) is 11.9 Å². The first-order valence-electron chi connectivity index (χ1n) is 5.24. The fraction of sp³-hybridized carbons (Fsp3) is 0.909. The summed E-state index contributed by atoms with van der Waals surface area (Å²) in [4.78, 5) is 13.5. The number of ether oxygens (including phenoxy) is 1. The van der Waals surface area contributed by atoms with Gasteiger partial charge in [0.15, 0.2) is 0 Å². The van der Waals surface area contributed by atoms with Crippen LogP contribution in [-0.2, 0) is 9.53 Å². The van der Waals surface area contributed by atoms with E-state index >= 15 is 0 Å².